The summed E-state index contributed by atoms with van der Waals surface area (Å²) in [4.78, 5) is 30.1. The van der Waals surface area contributed by atoms with Crippen molar-refractivity contribution < 1.29 is 14.3 Å². The zero-order valence-corrected chi connectivity index (χ0v) is 16.1. The van der Waals surface area contributed by atoms with Crippen LogP contribution in [0.2, 0.25) is 0 Å². The molecule has 0 bridgehead atoms. The Morgan fingerprint density at radius 2 is 1.92 bits per heavy atom. The third-order valence-electron chi connectivity index (χ3n) is 3.87. The minimum Gasteiger partial charge on any atom is -0.465 e. The van der Waals surface area contributed by atoms with E-state index in [4.69, 9.17) is 0 Å². The minimum absolute atomic E-state index is 0.00390. The zero-order chi connectivity index (χ0) is 18.5. The molecular formula is C19H18N2O3S2. The number of likely N-dealkylation sites (N-methyl/N-ethyl adjacent to an activating group) is 1. The molecule has 1 amide bonds. The summed E-state index contributed by atoms with van der Waals surface area (Å²) in [7, 11) is 3.12. The molecule has 0 aliphatic heterocycles. The molecule has 134 valence electrons. The van der Waals surface area contributed by atoms with Crippen LogP contribution in [0, 0.1) is 0 Å². The Balaban J connectivity index is 1.58. The lowest BCUT2D eigenvalue weighted by molar-refractivity contribution is -0.129. The number of methoxy groups -OCH3 is 1. The van der Waals surface area contributed by atoms with Gasteiger partial charge in [-0.2, -0.15) is 11.3 Å². The maximum Gasteiger partial charge on any atom is 0.337 e. The van der Waals surface area contributed by atoms with Gasteiger partial charge in [-0.05, 0) is 29.1 Å². The van der Waals surface area contributed by atoms with Crippen LogP contribution in [0.3, 0.4) is 0 Å². The third-order valence-corrected chi connectivity index (χ3v) is 5.50. The van der Waals surface area contributed by atoms with E-state index in [1.807, 2.05) is 29.0 Å². The summed E-state index contributed by atoms with van der Waals surface area (Å²) in [6.07, 6.45) is 0.275. The van der Waals surface area contributed by atoms with Crippen molar-refractivity contribution in [2.24, 2.45) is 0 Å². The molecule has 0 spiro atoms. The summed E-state index contributed by atoms with van der Waals surface area (Å²) in [6.45, 7) is 0.474. The summed E-state index contributed by atoms with van der Waals surface area (Å²) in [5.74, 6) is -0.366. The second-order valence-electron chi connectivity index (χ2n) is 5.77. The molecule has 2 heterocycles. The lowest BCUT2D eigenvalue weighted by atomic mass is 10.1. The maximum absolute atomic E-state index is 12.5. The molecule has 1 aromatic carbocycles. The van der Waals surface area contributed by atoms with Crippen LogP contribution in [0.15, 0.2) is 46.5 Å². The quantitative estimate of drug-likeness (QED) is 0.604. The van der Waals surface area contributed by atoms with Crippen LogP contribution >= 0.6 is 22.7 Å². The van der Waals surface area contributed by atoms with Crippen molar-refractivity contribution in [2.75, 3.05) is 14.2 Å². The number of nitrogens with zero attached hydrogens (tertiary/aromatic N) is 2. The van der Waals surface area contributed by atoms with E-state index in [0.29, 0.717) is 12.1 Å². The molecule has 0 atom stereocenters. The summed E-state index contributed by atoms with van der Waals surface area (Å²) in [5, 5.41) is 6.94. The van der Waals surface area contributed by atoms with Crippen LogP contribution in [0.25, 0.3) is 10.6 Å². The van der Waals surface area contributed by atoms with Gasteiger partial charge in [-0.1, -0.05) is 12.1 Å². The normalized spacial score (nSPS) is 10.5. The summed E-state index contributed by atoms with van der Waals surface area (Å²) >= 11 is 3.18. The molecule has 5 nitrogen and oxygen atoms in total. The molecule has 0 aliphatic carbocycles. The lowest BCUT2D eigenvalue weighted by Gasteiger charge is -2.17. The number of hydrogen-bond acceptors (Lipinski definition) is 6. The minimum atomic E-state index is -0.370. The van der Waals surface area contributed by atoms with Crippen LogP contribution < -0.4 is 0 Å². The van der Waals surface area contributed by atoms with Gasteiger partial charge in [-0.25, -0.2) is 9.78 Å². The number of thiophene rings is 1. The van der Waals surface area contributed by atoms with Gasteiger partial charge in [0.05, 0.1) is 24.8 Å². The molecule has 3 aromatic rings. The number of carbonyl (C=O) groups excluding carboxylic acids is 2. The van der Waals surface area contributed by atoms with Crippen LogP contribution in [0.1, 0.15) is 21.6 Å². The number of rotatable bonds is 6. The molecular weight excluding hydrogens is 368 g/mol. The molecule has 3 rings (SSSR count). The highest BCUT2D eigenvalue weighted by Crippen LogP contribution is 2.26. The van der Waals surface area contributed by atoms with Gasteiger partial charge in [0.2, 0.25) is 5.91 Å². The van der Waals surface area contributed by atoms with E-state index in [0.717, 1.165) is 21.8 Å². The van der Waals surface area contributed by atoms with Gasteiger partial charge in [0.15, 0.2) is 0 Å². The van der Waals surface area contributed by atoms with E-state index >= 15 is 0 Å². The van der Waals surface area contributed by atoms with E-state index in [-0.39, 0.29) is 18.3 Å². The SMILES string of the molecule is COC(=O)c1ccc(CN(C)C(=O)Cc2csc(-c3ccsc3)n2)cc1. The van der Waals surface area contributed by atoms with Crippen molar-refractivity contribution in [3.8, 4) is 10.6 Å². The number of hydrogen-bond donors (Lipinski definition) is 0. The molecule has 0 saturated carbocycles. The molecule has 0 saturated heterocycles. The van der Waals surface area contributed by atoms with Crippen molar-refractivity contribution in [3.05, 3.63) is 63.3 Å². The highest BCUT2D eigenvalue weighted by molar-refractivity contribution is 7.14. The van der Waals surface area contributed by atoms with Crippen molar-refractivity contribution in [3.63, 3.8) is 0 Å². The zero-order valence-electron chi connectivity index (χ0n) is 14.5. The van der Waals surface area contributed by atoms with Crippen molar-refractivity contribution in [1.29, 1.82) is 0 Å². The molecule has 0 radical (unpaired) electrons. The first-order valence-corrected chi connectivity index (χ1v) is 9.77. The van der Waals surface area contributed by atoms with Crippen molar-refractivity contribution >= 4 is 34.6 Å². The van der Waals surface area contributed by atoms with E-state index < -0.39 is 0 Å². The molecule has 0 N–H and O–H groups in total. The Bertz CT molecular complexity index is 886. The fourth-order valence-electron chi connectivity index (χ4n) is 2.42. The molecule has 26 heavy (non-hydrogen) atoms. The van der Waals surface area contributed by atoms with Gasteiger partial charge in [0.1, 0.15) is 5.01 Å². The number of benzene rings is 1. The number of esters is 1. The van der Waals surface area contributed by atoms with Gasteiger partial charge in [-0.15, -0.1) is 11.3 Å². The van der Waals surface area contributed by atoms with E-state index in [1.54, 1.807) is 46.8 Å². The average Bonchev–Trinajstić information content (AvgIpc) is 3.33. The number of amides is 1. The fourth-order valence-corrected chi connectivity index (χ4v) is 3.95. The first kappa shape index (κ1) is 18.3. The smallest absolute Gasteiger partial charge is 0.337 e. The van der Waals surface area contributed by atoms with E-state index in [1.165, 1.54) is 7.11 Å². The van der Waals surface area contributed by atoms with Gasteiger partial charge < -0.3 is 9.64 Å². The van der Waals surface area contributed by atoms with Crippen LogP contribution in [0.5, 0.6) is 0 Å². The van der Waals surface area contributed by atoms with E-state index in [2.05, 4.69) is 15.1 Å². The van der Waals surface area contributed by atoms with Crippen molar-refractivity contribution in [1.82, 2.24) is 9.88 Å². The molecule has 0 fully saturated rings. The summed E-state index contributed by atoms with van der Waals surface area (Å²) in [6, 6.07) is 9.08. The predicted octanol–water partition coefficient (Wildman–Crippen LogP) is 3.86. The van der Waals surface area contributed by atoms with E-state index in [9.17, 15) is 9.59 Å². The molecule has 0 aliphatic rings. The maximum atomic E-state index is 12.5. The average molecular weight is 386 g/mol. The largest absolute Gasteiger partial charge is 0.465 e. The first-order chi connectivity index (χ1) is 12.6. The second kappa shape index (κ2) is 8.25. The topological polar surface area (TPSA) is 59.5 Å². The van der Waals surface area contributed by atoms with Gasteiger partial charge in [0, 0.05) is 29.9 Å². The standard InChI is InChI=1S/C19H18N2O3S2/c1-21(10-13-3-5-14(6-4-13)19(23)24-2)17(22)9-16-12-26-18(20-16)15-7-8-25-11-15/h3-8,11-12H,9-10H2,1-2H3. The van der Waals surface area contributed by atoms with Gasteiger partial charge in [0.25, 0.3) is 0 Å². The number of thiazole rings is 1. The number of carbonyl (C=O) groups is 2. The Hall–Kier alpha value is -2.51. The Morgan fingerprint density at radius 1 is 1.15 bits per heavy atom. The van der Waals surface area contributed by atoms with Crippen LogP contribution in [-0.2, 0) is 22.5 Å². The molecule has 7 heteroatoms. The van der Waals surface area contributed by atoms with Gasteiger partial charge in [-0.3, -0.25) is 4.79 Å². The molecule has 0 unspecified atom stereocenters. The predicted molar refractivity (Wildman–Crippen MR) is 103 cm³/mol. The van der Waals surface area contributed by atoms with Crippen LogP contribution in [0.4, 0.5) is 0 Å². The fraction of sp³-hybridized carbons (Fsp3) is 0.211. The second-order valence-corrected chi connectivity index (χ2v) is 7.41. The summed E-state index contributed by atoms with van der Waals surface area (Å²) < 4.78 is 4.68. The Morgan fingerprint density at radius 3 is 2.58 bits per heavy atom. The van der Waals surface area contributed by atoms with Crippen molar-refractivity contribution in [2.45, 2.75) is 13.0 Å². The first-order valence-electron chi connectivity index (χ1n) is 7.95. The highest BCUT2D eigenvalue weighted by Gasteiger charge is 2.14. The monoisotopic (exact) mass is 386 g/mol. The van der Waals surface area contributed by atoms with Gasteiger partial charge >= 0.3 is 5.97 Å². The Labute approximate surface area is 159 Å². The number of aromatic nitrogens is 1. The summed E-state index contributed by atoms with van der Waals surface area (Å²) in [5.41, 5.74) is 3.33. The third kappa shape index (κ3) is 4.36. The highest BCUT2D eigenvalue weighted by atomic mass is 32.1. The van der Waals surface area contributed by atoms with Crippen LogP contribution in [-0.4, -0.2) is 35.9 Å². The Kier molecular flexibility index (Phi) is 5.80. The lowest BCUT2D eigenvalue weighted by Crippen LogP contribution is -2.27. The molecule has 2 aromatic heterocycles. The number of ether oxygens (including phenoxy) is 1.